The lowest BCUT2D eigenvalue weighted by Crippen LogP contribution is -2.13. The number of nitrogens with two attached hydrogens (primary N) is 1. The third-order valence-corrected chi connectivity index (χ3v) is 3.52. The molecule has 7 nitrogen and oxygen atoms in total. The Labute approximate surface area is 120 Å². The largest absolute Gasteiger partial charge is 0.363 e. The van der Waals surface area contributed by atoms with Gasteiger partial charge in [-0.05, 0) is 19.1 Å². The maximum absolute atomic E-state index is 5.73. The molecule has 0 radical (unpaired) electrons. The van der Waals surface area contributed by atoms with Gasteiger partial charge in [0.15, 0.2) is 11.0 Å². The Hall–Kier alpha value is -1.61. The fourth-order valence-corrected chi connectivity index (χ4v) is 2.37. The first-order chi connectivity index (χ1) is 8.97. The molecule has 2 heterocycles. The van der Waals surface area contributed by atoms with E-state index >= 15 is 0 Å². The number of aryl methyl sites for hydroxylation is 1. The molecule has 0 saturated carbocycles. The SMILES string of the molecule is Cc1cc(N(C)C)nc(SCc2n[nH]c(=S)n2N)n1. The Bertz CT molecular complexity index is 631. The summed E-state index contributed by atoms with van der Waals surface area (Å²) in [7, 11) is 3.89. The predicted molar refractivity (Wildman–Crippen MR) is 78.2 cm³/mol. The van der Waals surface area contributed by atoms with Crippen molar-refractivity contribution in [3.05, 3.63) is 22.4 Å². The van der Waals surface area contributed by atoms with E-state index in [1.165, 1.54) is 16.4 Å². The lowest BCUT2D eigenvalue weighted by Gasteiger charge is -2.12. The van der Waals surface area contributed by atoms with E-state index < -0.39 is 0 Å². The van der Waals surface area contributed by atoms with Crippen LogP contribution in [0.5, 0.6) is 0 Å². The van der Waals surface area contributed by atoms with Crippen LogP contribution in [0.3, 0.4) is 0 Å². The monoisotopic (exact) mass is 297 g/mol. The van der Waals surface area contributed by atoms with Crippen LogP contribution in [0.4, 0.5) is 5.82 Å². The second kappa shape index (κ2) is 5.57. The highest BCUT2D eigenvalue weighted by molar-refractivity contribution is 7.98. The van der Waals surface area contributed by atoms with Gasteiger partial charge in [-0.1, -0.05) is 11.8 Å². The van der Waals surface area contributed by atoms with Crippen molar-refractivity contribution in [1.29, 1.82) is 0 Å². The molecule has 19 heavy (non-hydrogen) atoms. The fourth-order valence-electron chi connectivity index (χ4n) is 1.39. The van der Waals surface area contributed by atoms with Gasteiger partial charge >= 0.3 is 0 Å². The minimum atomic E-state index is 0.398. The number of hydrogen-bond donors (Lipinski definition) is 2. The summed E-state index contributed by atoms with van der Waals surface area (Å²) in [6.45, 7) is 1.94. The van der Waals surface area contributed by atoms with Gasteiger partial charge in [-0.25, -0.2) is 14.6 Å². The molecule has 0 bridgehead atoms. The summed E-state index contributed by atoms with van der Waals surface area (Å²) in [4.78, 5) is 10.8. The van der Waals surface area contributed by atoms with Crippen LogP contribution in [-0.4, -0.2) is 38.9 Å². The van der Waals surface area contributed by atoms with Crippen LogP contribution >= 0.6 is 24.0 Å². The number of nitrogens with one attached hydrogen (secondary N) is 1. The van der Waals surface area contributed by atoms with Crippen molar-refractivity contribution in [1.82, 2.24) is 24.8 Å². The van der Waals surface area contributed by atoms with Gasteiger partial charge in [0.05, 0.1) is 5.75 Å². The van der Waals surface area contributed by atoms with E-state index in [1.54, 1.807) is 0 Å². The highest BCUT2D eigenvalue weighted by atomic mass is 32.2. The Balaban J connectivity index is 2.15. The van der Waals surface area contributed by atoms with Crippen LogP contribution in [-0.2, 0) is 5.75 Å². The molecule has 0 spiro atoms. The minimum absolute atomic E-state index is 0.398. The van der Waals surface area contributed by atoms with Crippen molar-refractivity contribution in [2.75, 3.05) is 24.8 Å². The molecule has 2 aromatic heterocycles. The van der Waals surface area contributed by atoms with Gasteiger partial charge < -0.3 is 10.7 Å². The van der Waals surface area contributed by atoms with Crippen LogP contribution in [0.15, 0.2) is 11.2 Å². The van der Waals surface area contributed by atoms with E-state index in [9.17, 15) is 0 Å². The molecule has 0 aliphatic carbocycles. The van der Waals surface area contributed by atoms with E-state index in [-0.39, 0.29) is 0 Å². The van der Waals surface area contributed by atoms with Crippen LogP contribution in [0.25, 0.3) is 0 Å². The van der Waals surface area contributed by atoms with E-state index in [4.69, 9.17) is 18.1 Å². The summed E-state index contributed by atoms with van der Waals surface area (Å²) in [5, 5.41) is 7.38. The third kappa shape index (κ3) is 3.24. The van der Waals surface area contributed by atoms with Crippen LogP contribution in [0.1, 0.15) is 11.5 Å². The molecule has 0 aliphatic rings. The van der Waals surface area contributed by atoms with Crippen molar-refractivity contribution in [3.63, 3.8) is 0 Å². The first-order valence-corrected chi connectivity index (χ1v) is 6.94. The van der Waals surface area contributed by atoms with Crippen molar-refractivity contribution in [2.24, 2.45) is 0 Å². The number of hydrogen-bond acceptors (Lipinski definition) is 7. The normalized spacial score (nSPS) is 10.7. The second-order valence-corrected chi connectivity index (χ2v) is 5.48. The number of thioether (sulfide) groups is 1. The predicted octanol–water partition coefficient (Wildman–Crippen LogP) is 1.11. The maximum atomic E-state index is 5.73. The first kappa shape index (κ1) is 13.8. The van der Waals surface area contributed by atoms with Gasteiger partial charge in [-0.3, -0.25) is 5.10 Å². The molecule has 0 unspecified atom stereocenters. The zero-order chi connectivity index (χ0) is 14.0. The Morgan fingerprint density at radius 1 is 1.47 bits per heavy atom. The van der Waals surface area contributed by atoms with Crippen LogP contribution < -0.4 is 10.7 Å². The summed E-state index contributed by atoms with van der Waals surface area (Å²) >= 11 is 6.42. The molecule has 102 valence electrons. The minimum Gasteiger partial charge on any atom is -0.363 e. The molecule has 9 heteroatoms. The Kier molecular flexibility index (Phi) is 4.05. The van der Waals surface area contributed by atoms with Crippen LogP contribution in [0.2, 0.25) is 0 Å². The number of H-pyrrole nitrogens is 1. The number of nitrogens with zero attached hydrogens (tertiary/aromatic N) is 5. The average Bonchev–Trinajstić information content (AvgIpc) is 2.67. The summed E-state index contributed by atoms with van der Waals surface area (Å²) in [6, 6.07) is 1.93. The van der Waals surface area contributed by atoms with Gasteiger partial charge in [-0.15, -0.1) is 0 Å². The molecule has 0 aliphatic heterocycles. The number of aromatic nitrogens is 5. The topological polar surface area (TPSA) is 88.7 Å². The quantitative estimate of drug-likeness (QED) is 0.378. The van der Waals surface area contributed by atoms with Crippen molar-refractivity contribution in [2.45, 2.75) is 17.8 Å². The number of anilines is 1. The van der Waals surface area contributed by atoms with Crippen molar-refractivity contribution < 1.29 is 0 Å². The number of rotatable bonds is 4. The Morgan fingerprint density at radius 2 is 2.21 bits per heavy atom. The lowest BCUT2D eigenvalue weighted by atomic mass is 10.4. The lowest BCUT2D eigenvalue weighted by molar-refractivity contribution is 0.885. The van der Waals surface area contributed by atoms with Crippen molar-refractivity contribution >= 4 is 29.8 Å². The molecule has 0 fully saturated rings. The molecule has 2 aromatic rings. The summed E-state index contributed by atoms with van der Waals surface area (Å²) in [5.74, 6) is 7.82. The van der Waals surface area contributed by atoms with E-state index in [2.05, 4.69) is 20.2 Å². The Morgan fingerprint density at radius 3 is 2.79 bits per heavy atom. The molecular formula is C10H15N7S2. The second-order valence-electron chi connectivity index (χ2n) is 4.15. The molecule has 0 amide bonds. The van der Waals surface area contributed by atoms with Gasteiger partial charge in [0.2, 0.25) is 4.77 Å². The standard InChI is InChI=1S/C10H15N7S2/c1-6-4-7(16(2)3)13-9(12-6)19-5-8-14-15-10(18)17(8)11/h4H,5,11H2,1-3H3,(H,15,18). The first-order valence-electron chi connectivity index (χ1n) is 5.54. The zero-order valence-electron chi connectivity index (χ0n) is 10.9. The molecule has 0 atom stereocenters. The highest BCUT2D eigenvalue weighted by Gasteiger charge is 2.08. The smallest absolute Gasteiger partial charge is 0.214 e. The molecule has 2 rings (SSSR count). The van der Waals surface area contributed by atoms with E-state index in [1.807, 2.05) is 32.0 Å². The third-order valence-electron chi connectivity index (χ3n) is 2.39. The summed E-state index contributed by atoms with van der Waals surface area (Å²) in [5.41, 5.74) is 0.924. The van der Waals surface area contributed by atoms with Gasteiger partial charge in [0.1, 0.15) is 5.82 Å². The average molecular weight is 297 g/mol. The van der Waals surface area contributed by atoms with Gasteiger partial charge in [0, 0.05) is 25.9 Å². The number of nitrogen functional groups attached to an aromatic ring is 1. The van der Waals surface area contributed by atoms with E-state index in [0.717, 1.165) is 11.5 Å². The van der Waals surface area contributed by atoms with Crippen molar-refractivity contribution in [3.8, 4) is 0 Å². The summed E-state index contributed by atoms with van der Waals surface area (Å²) in [6.07, 6.45) is 0. The van der Waals surface area contributed by atoms with Gasteiger partial charge in [0.25, 0.3) is 0 Å². The number of aromatic amines is 1. The van der Waals surface area contributed by atoms with Crippen LogP contribution in [0, 0.1) is 11.7 Å². The molecule has 0 saturated heterocycles. The molecular weight excluding hydrogens is 282 g/mol. The van der Waals surface area contributed by atoms with E-state index in [0.29, 0.717) is 21.5 Å². The maximum Gasteiger partial charge on any atom is 0.214 e. The molecule has 3 N–H and O–H groups in total. The van der Waals surface area contributed by atoms with Gasteiger partial charge in [-0.2, -0.15) is 5.10 Å². The zero-order valence-corrected chi connectivity index (χ0v) is 12.5. The summed E-state index contributed by atoms with van der Waals surface area (Å²) < 4.78 is 1.75. The fraction of sp³-hybridized carbons (Fsp3) is 0.400. The molecule has 0 aromatic carbocycles. The highest BCUT2D eigenvalue weighted by Crippen LogP contribution is 2.20.